The summed E-state index contributed by atoms with van der Waals surface area (Å²) < 4.78 is 5.66. The maximum Gasteiger partial charge on any atom is 0.253 e. The normalized spacial score (nSPS) is 15.8. The molecule has 1 saturated heterocycles. The zero-order chi connectivity index (χ0) is 21.2. The number of likely N-dealkylation sites (tertiary alicyclic amines) is 1. The van der Waals surface area contributed by atoms with Gasteiger partial charge in [0.1, 0.15) is 6.10 Å². The van der Waals surface area contributed by atoms with E-state index in [1.807, 2.05) is 42.5 Å². The summed E-state index contributed by atoms with van der Waals surface area (Å²) in [4.78, 5) is 27.0. The molecule has 2 aromatic carbocycles. The van der Waals surface area contributed by atoms with Crippen LogP contribution in [0.1, 0.15) is 38.2 Å². The van der Waals surface area contributed by atoms with Crippen LogP contribution in [0.5, 0.6) is 0 Å². The summed E-state index contributed by atoms with van der Waals surface area (Å²) >= 11 is 0. The van der Waals surface area contributed by atoms with Crippen molar-refractivity contribution in [3.63, 3.8) is 0 Å². The van der Waals surface area contributed by atoms with E-state index in [0.717, 1.165) is 31.5 Å². The molecule has 3 rings (SSSR count). The molecule has 6 heteroatoms. The maximum atomic E-state index is 12.4. The Bertz CT molecular complexity index is 817. The molecule has 1 aliphatic rings. The number of nitrogens with zero attached hydrogens (tertiary/aromatic N) is 1. The van der Waals surface area contributed by atoms with Gasteiger partial charge in [0.05, 0.1) is 13.2 Å². The molecule has 6 nitrogen and oxygen atoms in total. The van der Waals surface area contributed by atoms with Crippen molar-refractivity contribution in [2.45, 2.75) is 45.3 Å². The Morgan fingerprint density at radius 3 is 2.30 bits per heavy atom. The Hall–Kier alpha value is -2.70. The lowest BCUT2D eigenvalue weighted by Gasteiger charge is -2.19. The summed E-state index contributed by atoms with van der Waals surface area (Å²) in [6.07, 6.45) is 4.20. The second-order valence-electron chi connectivity index (χ2n) is 7.75. The maximum absolute atomic E-state index is 12.4. The van der Waals surface area contributed by atoms with Crippen molar-refractivity contribution >= 4 is 23.2 Å². The standard InChI is InChI=1S/C24H31N3O3/c1-19(30-18-20-10-5-4-6-11-20)24(29)26-22-13-9-12-21(16-22)25-23(28)17-27-14-7-2-3-8-15-27/h4-6,9-13,16,19H,2-3,7-8,14-15,17-18H2,1H3,(H,25,28)(H,26,29). The first kappa shape index (κ1) is 22.0. The highest BCUT2D eigenvalue weighted by Gasteiger charge is 2.15. The van der Waals surface area contributed by atoms with Gasteiger partial charge in [-0.25, -0.2) is 0 Å². The highest BCUT2D eigenvalue weighted by molar-refractivity contribution is 5.96. The van der Waals surface area contributed by atoms with E-state index in [2.05, 4.69) is 15.5 Å². The number of ether oxygens (including phenoxy) is 1. The predicted octanol–water partition coefficient (Wildman–Crippen LogP) is 4.04. The van der Waals surface area contributed by atoms with Gasteiger partial charge < -0.3 is 15.4 Å². The molecule has 1 aliphatic heterocycles. The third-order valence-electron chi connectivity index (χ3n) is 5.19. The van der Waals surface area contributed by atoms with Gasteiger partial charge >= 0.3 is 0 Å². The predicted molar refractivity (Wildman–Crippen MR) is 119 cm³/mol. The van der Waals surface area contributed by atoms with E-state index < -0.39 is 6.10 Å². The Labute approximate surface area is 178 Å². The third kappa shape index (κ3) is 7.28. The Kier molecular flexibility index (Phi) is 8.41. The van der Waals surface area contributed by atoms with Gasteiger partial charge in [-0.3, -0.25) is 14.5 Å². The molecule has 1 atom stereocenters. The molecule has 2 N–H and O–H groups in total. The number of hydrogen-bond donors (Lipinski definition) is 2. The van der Waals surface area contributed by atoms with Crippen LogP contribution in [0.25, 0.3) is 0 Å². The summed E-state index contributed by atoms with van der Waals surface area (Å²) in [7, 11) is 0. The number of nitrogens with one attached hydrogen (secondary N) is 2. The van der Waals surface area contributed by atoms with E-state index in [9.17, 15) is 9.59 Å². The highest BCUT2D eigenvalue weighted by atomic mass is 16.5. The Morgan fingerprint density at radius 1 is 0.933 bits per heavy atom. The first-order valence-electron chi connectivity index (χ1n) is 10.7. The lowest BCUT2D eigenvalue weighted by molar-refractivity contribution is -0.127. The van der Waals surface area contributed by atoms with Gasteiger partial charge in [0, 0.05) is 11.4 Å². The third-order valence-corrected chi connectivity index (χ3v) is 5.19. The Morgan fingerprint density at radius 2 is 1.60 bits per heavy atom. The van der Waals surface area contributed by atoms with Crippen molar-refractivity contribution in [2.24, 2.45) is 0 Å². The summed E-state index contributed by atoms with van der Waals surface area (Å²) in [5.74, 6) is -0.251. The minimum atomic E-state index is -0.591. The minimum Gasteiger partial charge on any atom is -0.364 e. The van der Waals surface area contributed by atoms with E-state index >= 15 is 0 Å². The van der Waals surface area contributed by atoms with Crippen molar-refractivity contribution in [1.82, 2.24) is 4.90 Å². The summed E-state index contributed by atoms with van der Waals surface area (Å²) in [5, 5.41) is 5.79. The van der Waals surface area contributed by atoms with Gasteiger partial charge in [0.25, 0.3) is 5.91 Å². The molecule has 1 heterocycles. The van der Waals surface area contributed by atoms with Crippen LogP contribution >= 0.6 is 0 Å². The van der Waals surface area contributed by atoms with E-state index in [1.165, 1.54) is 12.8 Å². The molecule has 160 valence electrons. The first-order valence-corrected chi connectivity index (χ1v) is 10.7. The number of anilines is 2. The highest BCUT2D eigenvalue weighted by Crippen LogP contribution is 2.16. The molecular formula is C24H31N3O3. The van der Waals surface area contributed by atoms with Crippen LogP contribution in [0, 0.1) is 0 Å². The number of rotatable bonds is 8. The smallest absolute Gasteiger partial charge is 0.253 e. The summed E-state index contributed by atoms with van der Waals surface area (Å²) in [6.45, 7) is 4.46. The lowest BCUT2D eigenvalue weighted by Crippen LogP contribution is -2.33. The number of carbonyl (C=O) groups excluding carboxylic acids is 2. The molecule has 1 fully saturated rings. The average molecular weight is 410 g/mol. The molecule has 2 amide bonds. The number of amides is 2. The molecular weight excluding hydrogens is 378 g/mol. The fraction of sp³-hybridized carbons (Fsp3) is 0.417. The molecule has 0 radical (unpaired) electrons. The molecule has 0 aromatic heterocycles. The second-order valence-corrected chi connectivity index (χ2v) is 7.75. The van der Waals surface area contributed by atoms with Crippen LogP contribution in [-0.2, 0) is 20.9 Å². The van der Waals surface area contributed by atoms with E-state index in [0.29, 0.717) is 24.5 Å². The fourth-order valence-corrected chi connectivity index (χ4v) is 3.49. The van der Waals surface area contributed by atoms with Crippen LogP contribution < -0.4 is 10.6 Å². The number of hydrogen-bond acceptors (Lipinski definition) is 4. The van der Waals surface area contributed by atoms with Crippen LogP contribution in [0.3, 0.4) is 0 Å². The topological polar surface area (TPSA) is 70.7 Å². The zero-order valence-electron chi connectivity index (χ0n) is 17.6. The molecule has 0 saturated carbocycles. The first-order chi connectivity index (χ1) is 14.6. The minimum absolute atomic E-state index is 0.0278. The van der Waals surface area contributed by atoms with Gasteiger partial charge in [-0.2, -0.15) is 0 Å². The van der Waals surface area contributed by atoms with Crippen molar-refractivity contribution in [2.75, 3.05) is 30.3 Å². The summed E-state index contributed by atoms with van der Waals surface area (Å²) in [6, 6.07) is 16.9. The lowest BCUT2D eigenvalue weighted by atomic mass is 10.2. The monoisotopic (exact) mass is 409 g/mol. The Balaban J connectivity index is 1.47. The van der Waals surface area contributed by atoms with Crippen LogP contribution in [0.4, 0.5) is 11.4 Å². The molecule has 0 spiro atoms. The van der Waals surface area contributed by atoms with Gasteiger partial charge in [0.15, 0.2) is 0 Å². The van der Waals surface area contributed by atoms with Gasteiger partial charge in [-0.1, -0.05) is 49.2 Å². The largest absolute Gasteiger partial charge is 0.364 e. The van der Waals surface area contributed by atoms with E-state index in [4.69, 9.17) is 4.74 Å². The van der Waals surface area contributed by atoms with Crippen molar-refractivity contribution in [1.29, 1.82) is 0 Å². The number of benzene rings is 2. The fourth-order valence-electron chi connectivity index (χ4n) is 3.49. The molecule has 1 unspecified atom stereocenters. The molecule has 2 aromatic rings. The van der Waals surface area contributed by atoms with E-state index in [-0.39, 0.29) is 11.8 Å². The van der Waals surface area contributed by atoms with Gasteiger partial charge in [-0.05, 0) is 56.6 Å². The van der Waals surface area contributed by atoms with Crippen molar-refractivity contribution < 1.29 is 14.3 Å². The number of carbonyl (C=O) groups is 2. The van der Waals surface area contributed by atoms with Crippen LogP contribution in [0.15, 0.2) is 54.6 Å². The SMILES string of the molecule is CC(OCc1ccccc1)C(=O)Nc1cccc(NC(=O)CN2CCCCCC2)c1. The van der Waals surface area contributed by atoms with Gasteiger partial charge in [0.2, 0.25) is 5.91 Å². The summed E-state index contributed by atoms with van der Waals surface area (Å²) in [5.41, 5.74) is 2.32. The van der Waals surface area contributed by atoms with Crippen LogP contribution in [-0.4, -0.2) is 42.5 Å². The second kappa shape index (κ2) is 11.5. The molecule has 0 bridgehead atoms. The average Bonchev–Trinajstić information content (AvgIpc) is 3.01. The van der Waals surface area contributed by atoms with E-state index in [1.54, 1.807) is 19.1 Å². The molecule has 0 aliphatic carbocycles. The zero-order valence-corrected chi connectivity index (χ0v) is 17.6. The molecule has 30 heavy (non-hydrogen) atoms. The van der Waals surface area contributed by atoms with Crippen molar-refractivity contribution in [3.05, 3.63) is 60.2 Å². The van der Waals surface area contributed by atoms with Crippen molar-refractivity contribution in [3.8, 4) is 0 Å². The van der Waals surface area contributed by atoms with Crippen LogP contribution in [0.2, 0.25) is 0 Å². The van der Waals surface area contributed by atoms with Gasteiger partial charge in [-0.15, -0.1) is 0 Å². The quantitative estimate of drug-likeness (QED) is 0.690.